The van der Waals surface area contributed by atoms with Gasteiger partial charge in [0.1, 0.15) is 11.8 Å². The fourth-order valence-electron chi connectivity index (χ4n) is 3.17. The summed E-state index contributed by atoms with van der Waals surface area (Å²) in [5, 5.41) is 3.21. The summed E-state index contributed by atoms with van der Waals surface area (Å²) in [6.45, 7) is 6.95. The molecule has 1 aromatic rings. The molecule has 1 N–H and O–H groups in total. The lowest BCUT2D eigenvalue weighted by Gasteiger charge is -2.39. The third-order valence-electron chi connectivity index (χ3n) is 4.92. The van der Waals surface area contributed by atoms with Crippen molar-refractivity contribution in [3.05, 3.63) is 29.8 Å². The minimum absolute atomic E-state index is 0.357. The van der Waals surface area contributed by atoms with E-state index in [4.69, 9.17) is 9.47 Å². The highest BCUT2D eigenvalue weighted by Crippen LogP contribution is 2.25. The number of hydrogen-bond donors (Lipinski definition) is 1. The van der Waals surface area contributed by atoms with Crippen molar-refractivity contribution in [2.24, 2.45) is 4.99 Å². The number of hydrogen-bond acceptors (Lipinski definition) is 4. The molecule has 2 rings (SSSR count). The summed E-state index contributed by atoms with van der Waals surface area (Å²) in [4.78, 5) is 8.04. The maximum atomic E-state index is 12.9. The molecule has 1 atom stereocenters. The van der Waals surface area contributed by atoms with E-state index in [1.165, 1.54) is 11.8 Å². The highest BCUT2D eigenvalue weighted by molar-refractivity contribution is 5.80. The van der Waals surface area contributed by atoms with Crippen LogP contribution in [-0.4, -0.2) is 81.0 Å². The van der Waals surface area contributed by atoms with Crippen molar-refractivity contribution in [1.82, 2.24) is 15.1 Å². The smallest absolute Gasteiger partial charge is 0.403 e. The molecule has 29 heavy (non-hydrogen) atoms. The Balaban J connectivity index is 1.81. The zero-order valence-electron chi connectivity index (χ0n) is 17.3. The van der Waals surface area contributed by atoms with Crippen molar-refractivity contribution in [3.8, 4) is 5.75 Å². The fraction of sp³-hybridized carbons (Fsp3) is 0.650. The lowest BCUT2D eigenvalue weighted by molar-refractivity contribution is -0.181. The Labute approximate surface area is 170 Å². The highest BCUT2D eigenvalue weighted by atomic mass is 19.4. The molecule has 0 spiro atoms. The number of halogens is 3. The number of aliphatic imine (C=N–C) groups is 1. The van der Waals surface area contributed by atoms with Gasteiger partial charge in [-0.15, -0.1) is 0 Å². The van der Waals surface area contributed by atoms with Gasteiger partial charge < -0.3 is 19.7 Å². The molecule has 6 nitrogen and oxygen atoms in total. The molecule has 1 fully saturated rings. The molecule has 1 unspecified atom stereocenters. The summed E-state index contributed by atoms with van der Waals surface area (Å²) in [7, 11) is 1.63. The first-order valence-electron chi connectivity index (χ1n) is 9.90. The van der Waals surface area contributed by atoms with Gasteiger partial charge in [-0.05, 0) is 19.9 Å². The molecule has 1 aliphatic heterocycles. The van der Waals surface area contributed by atoms with E-state index in [0.29, 0.717) is 58.4 Å². The second-order valence-corrected chi connectivity index (χ2v) is 6.84. The van der Waals surface area contributed by atoms with Gasteiger partial charge in [0.15, 0.2) is 5.96 Å². The molecular weight excluding hydrogens is 385 g/mol. The summed E-state index contributed by atoms with van der Waals surface area (Å²) in [6.07, 6.45) is -4.19. The van der Waals surface area contributed by atoms with Crippen molar-refractivity contribution in [2.45, 2.75) is 32.7 Å². The van der Waals surface area contributed by atoms with Gasteiger partial charge in [-0.2, -0.15) is 13.2 Å². The number of methoxy groups -OCH3 is 1. The number of ether oxygens (including phenoxy) is 2. The molecule has 164 valence electrons. The van der Waals surface area contributed by atoms with Crippen LogP contribution in [-0.2, 0) is 11.3 Å². The Morgan fingerprint density at radius 1 is 1.21 bits per heavy atom. The Morgan fingerprint density at radius 2 is 1.90 bits per heavy atom. The molecule has 1 saturated heterocycles. The fourth-order valence-corrected chi connectivity index (χ4v) is 3.17. The lowest BCUT2D eigenvalue weighted by Crippen LogP contribution is -2.56. The van der Waals surface area contributed by atoms with Gasteiger partial charge in [0, 0.05) is 38.3 Å². The lowest BCUT2D eigenvalue weighted by atomic mass is 10.2. The largest absolute Gasteiger partial charge is 0.496 e. The SMILES string of the molecule is CCNC(=NCCOCc1ccccc1OC)N1CCN(C(C)C(F)(F)F)CC1. The van der Waals surface area contributed by atoms with E-state index in [9.17, 15) is 13.2 Å². The Bertz CT molecular complexity index is 647. The first-order chi connectivity index (χ1) is 13.9. The minimum atomic E-state index is -4.19. The van der Waals surface area contributed by atoms with Gasteiger partial charge >= 0.3 is 6.18 Å². The van der Waals surface area contributed by atoms with E-state index in [1.54, 1.807) is 7.11 Å². The quantitative estimate of drug-likeness (QED) is 0.401. The second-order valence-electron chi connectivity index (χ2n) is 6.84. The van der Waals surface area contributed by atoms with E-state index >= 15 is 0 Å². The molecular formula is C20H31F3N4O2. The summed E-state index contributed by atoms with van der Waals surface area (Å²) >= 11 is 0. The van der Waals surface area contributed by atoms with Gasteiger partial charge in [-0.25, -0.2) is 0 Å². The Morgan fingerprint density at radius 3 is 2.52 bits per heavy atom. The first kappa shape index (κ1) is 23.3. The highest BCUT2D eigenvalue weighted by Gasteiger charge is 2.41. The van der Waals surface area contributed by atoms with Crippen LogP contribution in [0.2, 0.25) is 0 Å². The third-order valence-corrected chi connectivity index (χ3v) is 4.92. The third kappa shape index (κ3) is 7.08. The summed E-state index contributed by atoms with van der Waals surface area (Å²) < 4.78 is 49.7. The summed E-state index contributed by atoms with van der Waals surface area (Å²) in [6, 6.07) is 6.26. The van der Waals surface area contributed by atoms with Crippen LogP contribution in [0.4, 0.5) is 13.2 Å². The van der Waals surface area contributed by atoms with E-state index < -0.39 is 12.2 Å². The molecule has 0 bridgehead atoms. The molecule has 1 aliphatic rings. The van der Waals surface area contributed by atoms with Crippen LogP contribution < -0.4 is 10.1 Å². The molecule has 9 heteroatoms. The van der Waals surface area contributed by atoms with E-state index in [0.717, 1.165) is 11.3 Å². The number of alkyl halides is 3. The second kappa shape index (κ2) is 11.3. The van der Waals surface area contributed by atoms with Crippen LogP contribution in [0.15, 0.2) is 29.3 Å². The number of piperazine rings is 1. The molecule has 1 heterocycles. The standard InChI is InChI=1S/C20H31F3N4O2/c1-4-24-19(27-12-10-26(11-13-27)16(2)20(21,22)23)25-9-14-29-15-17-7-5-6-8-18(17)28-3/h5-8,16H,4,9-15H2,1-3H3,(H,24,25). The Kier molecular flexibility index (Phi) is 9.03. The van der Waals surface area contributed by atoms with Crippen molar-refractivity contribution in [3.63, 3.8) is 0 Å². The van der Waals surface area contributed by atoms with Crippen molar-refractivity contribution < 1.29 is 22.6 Å². The van der Waals surface area contributed by atoms with Crippen LogP contribution in [0.1, 0.15) is 19.4 Å². The maximum absolute atomic E-state index is 12.9. The van der Waals surface area contributed by atoms with E-state index in [2.05, 4.69) is 10.3 Å². The minimum Gasteiger partial charge on any atom is -0.496 e. The van der Waals surface area contributed by atoms with Crippen LogP contribution in [0.5, 0.6) is 5.75 Å². The van der Waals surface area contributed by atoms with E-state index in [-0.39, 0.29) is 0 Å². The van der Waals surface area contributed by atoms with Gasteiger partial charge in [0.05, 0.1) is 26.9 Å². The molecule has 0 amide bonds. The van der Waals surface area contributed by atoms with Gasteiger partial charge in [-0.1, -0.05) is 18.2 Å². The van der Waals surface area contributed by atoms with Gasteiger partial charge in [0.2, 0.25) is 0 Å². The number of benzene rings is 1. The number of guanidine groups is 1. The first-order valence-corrected chi connectivity index (χ1v) is 9.90. The van der Waals surface area contributed by atoms with Gasteiger partial charge in [0.25, 0.3) is 0 Å². The van der Waals surface area contributed by atoms with Crippen molar-refractivity contribution in [1.29, 1.82) is 0 Å². The predicted octanol–water partition coefficient (Wildman–Crippen LogP) is 2.75. The number of nitrogens with one attached hydrogen (secondary N) is 1. The average Bonchev–Trinajstić information content (AvgIpc) is 2.72. The van der Waals surface area contributed by atoms with Crippen molar-refractivity contribution in [2.75, 3.05) is 53.0 Å². The molecule has 0 radical (unpaired) electrons. The van der Waals surface area contributed by atoms with Crippen LogP contribution >= 0.6 is 0 Å². The zero-order chi connectivity index (χ0) is 21.3. The monoisotopic (exact) mass is 416 g/mol. The average molecular weight is 416 g/mol. The Hall–Kier alpha value is -2.00. The van der Waals surface area contributed by atoms with Gasteiger partial charge in [-0.3, -0.25) is 9.89 Å². The van der Waals surface area contributed by atoms with Crippen LogP contribution in [0.25, 0.3) is 0 Å². The van der Waals surface area contributed by atoms with Crippen LogP contribution in [0, 0.1) is 0 Å². The molecule has 1 aromatic carbocycles. The van der Waals surface area contributed by atoms with Crippen molar-refractivity contribution >= 4 is 5.96 Å². The number of rotatable bonds is 8. The summed E-state index contributed by atoms with van der Waals surface area (Å²) in [5.41, 5.74) is 0.973. The molecule has 0 aromatic heterocycles. The number of nitrogens with zero attached hydrogens (tertiary/aromatic N) is 3. The zero-order valence-corrected chi connectivity index (χ0v) is 17.3. The topological polar surface area (TPSA) is 49.3 Å². The number of para-hydroxylation sites is 1. The normalized spacial score (nSPS) is 17.3. The molecule has 0 aliphatic carbocycles. The van der Waals surface area contributed by atoms with Crippen LogP contribution in [0.3, 0.4) is 0 Å². The summed E-state index contributed by atoms with van der Waals surface area (Å²) in [5.74, 6) is 1.50. The predicted molar refractivity (Wildman–Crippen MR) is 107 cm³/mol. The maximum Gasteiger partial charge on any atom is 0.403 e. The molecule has 0 saturated carbocycles. The van der Waals surface area contributed by atoms with E-state index in [1.807, 2.05) is 36.1 Å².